The van der Waals surface area contributed by atoms with Crippen LogP contribution in [0.15, 0.2) is 60.7 Å². The Morgan fingerprint density at radius 2 is 1.64 bits per heavy atom. The molecule has 2 aromatic carbocycles. The van der Waals surface area contributed by atoms with Crippen molar-refractivity contribution < 1.29 is 14.9 Å². The fourth-order valence-corrected chi connectivity index (χ4v) is 2.91. The molecule has 0 aliphatic heterocycles. The molecule has 25 heavy (non-hydrogen) atoms. The van der Waals surface area contributed by atoms with Crippen LogP contribution in [-0.2, 0) is 11.3 Å². The zero-order chi connectivity index (χ0) is 17.9. The van der Waals surface area contributed by atoms with Crippen LogP contribution < -0.4 is 0 Å². The lowest BCUT2D eigenvalue weighted by molar-refractivity contribution is -0.0257. The van der Waals surface area contributed by atoms with Crippen LogP contribution in [0.5, 0.6) is 0 Å². The third-order valence-electron chi connectivity index (χ3n) is 4.17. The molecule has 4 nitrogen and oxygen atoms in total. The molecule has 0 saturated carbocycles. The third-order valence-corrected chi connectivity index (χ3v) is 4.17. The van der Waals surface area contributed by atoms with Gasteiger partial charge in [0.1, 0.15) is 0 Å². The minimum Gasteiger partial charge on any atom is -0.395 e. The first-order valence-corrected chi connectivity index (χ1v) is 8.94. The van der Waals surface area contributed by atoms with Gasteiger partial charge < -0.3 is 14.9 Å². The van der Waals surface area contributed by atoms with E-state index in [1.807, 2.05) is 53.4 Å². The molecule has 4 heteroatoms. The Morgan fingerprint density at radius 1 is 1.00 bits per heavy atom. The van der Waals surface area contributed by atoms with E-state index in [4.69, 9.17) is 4.74 Å². The Bertz CT molecular complexity index is 576. The van der Waals surface area contributed by atoms with Gasteiger partial charge in [0.15, 0.2) is 0 Å². The Morgan fingerprint density at radius 3 is 2.24 bits per heavy atom. The number of hydrogen-bond donors (Lipinski definition) is 2. The highest BCUT2D eigenvalue weighted by Gasteiger charge is 2.15. The minimum atomic E-state index is -0.590. The molecular formula is C21H29NO3. The predicted molar refractivity (Wildman–Crippen MR) is 100 cm³/mol. The number of aliphatic hydroxyl groups excluding tert-OH is 2. The van der Waals surface area contributed by atoms with E-state index in [2.05, 4.69) is 19.1 Å². The second kappa shape index (κ2) is 11.0. The first kappa shape index (κ1) is 19.6. The van der Waals surface area contributed by atoms with Gasteiger partial charge in [0, 0.05) is 19.6 Å². The van der Waals surface area contributed by atoms with Gasteiger partial charge in [-0.3, -0.25) is 4.90 Å². The van der Waals surface area contributed by atoms with Crippen LogP contribution in [0.4, 0.5) is 0 Å². The Kier molecular flexibility index (Phi) is 8.63. The number of aliphatic hydroxyl groups is 2. The van der Waals surface area contributed by atoms with Crippen LogP contribution in [0.3, 0.4) is 0 Å². The molecule has 0 spiro atoms. The van der Waals surface area contributed by atoms with Crippen molar-refractivity contribution in [2.45, 2.75) is 32.1 Å². The van der Waals surface area contributed by atoms with Crippen molar-refractivity contribution in [1.82, 2.24) is 4.90 Å². The molecule has 2 N–H and O–H groups in total. The molecule has 0 saturated heterocycles. The third kappa shape index (κ3) is 6.96. The zero-order valence-electron chi connectivity index (χ0n) is 14.9. The first-order chi connectivity index (χ1) is 12.2. The molecule has 0 radical (unpaired) electrons. The van der Waals surface area contributed by atoms with E-state index in [1.165, 1.54) is 5.56 Å². The van der Waals surface area contributed by atoms with Crippen LogP contribution in [0, 0.1) is 0 Å². The quantitative estimate of drug-likeness (QED) is 0.658. The standard InChI is InChI=1S/C21H29NO3/c1-2-21(19-11-7-4-8-12-19)25-17-20(24)16-22(13-14-23)15-18-9-5-3-6-10-18/h3-12,20-21,23-24H,2,13-17H2,1H3/t20-,21+/m0/s1. The molecule has 2 rings (SSSR count). The molecular weight excluding hydrogens is 314 g/mol. The van der Waals surface area contributed by atoms with E-state index < -0.39 is 6.10 Å². The maximum absolute atomic E-state index is 10.4. The smallest absolute Gasteiger partial charge is 0.0900 e. The van der Waals surface area contributed by atoms with Crippen molar-refractivity contribution in [2.75, 3.05) is 26.3 Å². The molecule has 0 amide bonds. The van der Waals surface area contributed by atoms with Crippen molar-refractivity contribution in [3.8, 4) is 0 Å². The summed E-state index contributed by atoms with van der Waals surface area (Å²) < 4.78 is 5.93. The van der Waals surface area contributed by atoms with Gasteiger partial charge in [-0.25, -0.2) is 0 Å². The minimum absolute atomic E-state index is 0.00346. The molecule has 136 valence electrons. The topological polar surface area (TPSA) is 52.9 Å². The van der Waals surface area contributed by atoms with E-state index in [-0.39, 0.29) is 19.3 Å². The Balaban J connectivity index is 1.84. The lowest BCUT2D eigenvalue weighted by Crippen LogP contribution is -2.36. The molecule has 0 bridgehead atoms. The highest BCUT2D eigenvalue weighted by molar-refractivity contribution is 5.17. The van der Waals surface area contributed by atoms with E-state index in [1.54, 1.807) is 0 Å². The predicted octanol–water partition coefficient (Wildman–Crippen LogP) is 3.01. The van der Waals surface area contributed by atoms with E-state index in [9.17, 15) is 10.2 Å². The van der Waals surface area contributed by atoms with Crippen molar-refractivity contribution in [2.24, 2.45) is 0 Å². The summed E-state index contributed by atoms with van der Waals surface area (Å²) in [6.45, 7) is 4.14. The van der Waals surface area contributed by atoms with E-state index in [0.717, 1.165) is 12.0 Å². The van der Waals surface area contributed by atoms with Gasteiger partial charge in [0.25, 0.3) is 0 Å². The van der Waals surface area contributed by atoms with Crippen molar-refractivity contribution in [1.29, 1.82) is 0 Å². The lowest BCUT2D eigenvalue weighted by atomic mass is 10.1. The summed E-state index contributed by atoms with van der Waals surface area (Å²) in [7, 11) is 0. The van der Waals surface area contributed by atoms with Gasteiger partial charge >= 0.3 is 0 Å². The summed E-state index contributed by atoms with van der Waals surface area (Å²) >= 11 is 0. The van der Waals surface area contributed by atoms with Gasteiger partial charge in [0.05, 0.1) is 25.4 Å². The summed E-state index contributed by atoms with van der Waals surface area (Å²) in [5.74, 6) is 0. The van der Waals surface area contributed by atoms with Crippen LogP contribution in [0.2, 0.25) is 0 Å². The summed E-state index contributed by atoms with van der Waals surface area (Å²) in [5, 5.41) is 19.6. The number of benzene rings is 2. The van der Waals surface area contributed by atoms with Gasteiger partial charge in [-0.15, -0.1) is 0 Å². The SMILES string of the molecule is CC[C@@H](OC[C@@H](O)CN(CCO)Cc1ccccc1)c1ccccc1. The van der Waals surface area contributed by atoms with Gasteiger partial charge in [-0.05, 0) is 17.5 Å². The summed E-state index contributed by atoms with van der Waals surface area (Å²) in [6, 6.07) is 20.2. The molecule has 0 aromatic heterocycles. The average molecular weight is 343 g/mol. The normalized spacial score (nSPS) is 13.8. The maximum Gasteiger partial charge on any atom is 0.0900 e. The zero-order valence-corrected chi connectivity index (χ0v) is 14.9. The van der Waals surface area contributed by atoms with Crippen molar-refractivity contribution >= 4 is 0 Å². The van der Waals surface area contributed by atoms with Gasteiger partial charge in [0.2, 0.25) is 0 Å². The van der Waals surface area contributed by atoms with Crippen LogP contribution in [0.25, 0.3) is 0 Å². The van der Waals surface area contributed by atoms with Crippen LogP contribution in [0.1, 0.15) is 30.6 Å². The first-order valence-electron chi connectivity index (χ1n) is 8.94. The fraction of sp³-hybridized carbons (Fsp3) is 0.429. The summed E-state index contributed by atoms with van der Waals surface area (Å²) in [6.07, 6.45) is 0.269. The fourth-order valence-electron chi connectivity index (χ4n) is 2.91. The van der Waals surface area contributed by atoms with E-state index in [0.29, 0.717) is 19.6 Å². The maximum atomic E-state index is 10.4. The molecule has 2 aromatic rings. The van der Waals surface area contributed by atoms with Crippen LogP contribution in [-0.4, -0.2) is 47.5 Å². The average Bonchev–Trinajstić information content (AvgIpc) is 2.64. The highest BCUT2D eigenvalue weighted by Crippen LogP contribution is 2.20. The number of rotatable bonds is 11. The molecule has 2 atom stereocenters. The van der Waals surface area contributed by atoms with Crippen molar-refractivity contribution in [3.05, 3.63) is 71.8 Å². The van der Waals surface area contributed by atoms with E-state index >= 15 is 0 Å². The Labute approximate surface area is 150 Å². The number of hydrogen-bond acceptors (Lipinski definition) is 4. The van der Waals surface area contributed by atoms with Crippen molar-refractivity contribution in [3.63, 3.8) is 0 Å². The number of nitrogens with zero attached hydrogens (tertiary/aromatic N) is 1. The van der Waals surface area contributed by atoms with Gasteiger partial charge in [-0.2, -0.15) is 0 Å². The molecule has 0 heterocycles. The molecule has 0 unspecified atom stereocenters. The Hall–Kier alpha value is -1.72. The van der Waals surface area contributed by atoms with Crippen LogP contribution >= 0.6 is 0 Å². The summed E-state index contributed by atoms with van der Waals surface area (Å²) in [5.41, 5.74) is 2.30. The van der Waals surface area contributed by atoms with Gasteiger partial charge in [-0.1, -0.05) is 67.6 Å². The molecule has 0 aliphatic rings. The number of ether oxygens (including phenoxy) is 1. The monoisotopic (exact) mass is 343 g/mol. The second-order valence-electron chi connectivity index (χ2n) is 6.24. The highest BCUT2D eigenvalue weighted by atomic mass is 16.5. The largest absolute Gasteiger partial charge is 0.395 e. The summed E-state index contributed by atoms with van der Waals surface area (Å²) in [4.78, 5) is 2.05. The lowest BCUT2D eigenvalue weighted by Gasteiger charge is -2.25. The molecule has 0 aliphatic carbocycles. The second-order valence-corrected chi connectivity index (χ2v) is 6.24. The molecule has 0 fully saturated rings.